The van der Waals surface area contributed by atoms with Crippen molar-refractivity contribution in [3.8, 4) is 6.07 Å². The van der Waals surface area contributed by atoms with Crippen molar-refractivity contribution in [1.82, 2.24) is 5.32 Å². The van der Waals surface area contributed by atoms with Gasteiger partial charge in [0.1, 0.15) is 0 Å². The van der Waals surface area contributed by atoms with Crippen LogP contribution in [0.1, 0.15) is 32.5 Å². The van der Waals surface area contributed by atoms with Crippen molar-refractivity contribution >= 4 is 28.7 Å². The van der Waals surface area contributed by atoms with Gasteiger partial charge >= 0.3 is 0 Å². The molecule has 0 aliphatic heterocycles. The highest BCUT2D eigenvalue weighted by atomic mass is 32.1. The van der Waals surface area contributed by atoms with Crippen LogP contribution in [0.2, 0.25) is 0 Å². The van der Waals surface area contributed by atoms with Crippen LogP contribution in [0, 0.1) is 11.3 Å². The van der Waals surface area contributed by atoms with Crippen LogP contribution in [0.15, 0.2) is 35.7 Å². The predicted octanol–water partition coefficient (Wildman–Crippen LogP) is 2.66. The molecule has 0 saturated carbocycles. The maximum absolute atomic E-state index is 11.8. The number of nitrogens with zero attached hydrogens (tertiary/aromatic N) is 1. The van der Waals surface area contributed by atoms with E-state index in [2.05, 4.69) is 10.6 Å². The number of carbonyl (C=O) groups is 2. The summed E-state index contributed by atoms with van der Waals surface area (Å²) in [7, 11) is 0. The molecular weight excluding hydrogens is 298 g/mol. The third kappa shape index (κ3) is 3.93. The zero-order valence-electron chi connectivity index (χ0n) is 12.1. The van der Waals surface area contributed by atoms with Crippen molar-refractivity contribution < 1.29 is 9.59 Å². The Labute approximate surface area is 132 Å². The number of thiophene rings is 1. The number of amides is 1. The molecule has 1 heterocycles. The molecule has 0 saturated heterocycles. The Balaban J connectivity index is 1.92. The van der Waals surface area contributed by atoms with Gasteiger partial charge in [0.15, 0.2) is 5.78 Å². The maximum Gasteiger partial charge on any atom is 0.261 e. The first-order valence-electron chi connectivity index (χ1n) is 6.72. The lowest BCUT2D eigenvalue weighted by atomic mass is 10.1. The highest BCUT2D eigenvalue weighted by Crippen LogP contribution is 2.18. The number of carbonyl (C=O) groups excluding carboxylic acids is 2. The average Bonchev–Trinajstić information content (AvgIpc) is 3.05. The number of rotatable bonds is 6. The van der Waals surface area contributed by atoms with E-state index >= 15 is 0 Å². The van der Waals surface area contributed by atoms with Crippen LogP contribution in [-0.4, -0.2) is 24.8 Å². The molecule has 1 aromatic heterocycles. The maximum atomic E-state index is 11.8. The smallest absolute Gasteiger partial charge is 0.261 e. The van der Waals surface area contributed by atoms with Gasteiger partial charge in [-0.2, -0.15) is 5.26 Å². The first-order chi connectivity index (χ1) is 10.6. The van der Waals surface area contributed by atoms with Gasteiger partial charge in [-0.05, 0) is 36.6 Å². The van der Waals surface area contributed by atoms with Gasteiger partial charge < -0.3 is 10.6 Å². The molecule has 6 heteroatoms. The minimum atomic E-state index is -0.116. The highest BCUT2D eigenvalue weighted by molar-refractivity contribution is 7.12. The van der Waals surface area contributed by atoms with Crippen LogP contribution < -0.4 is 10.6 Å². The molecule has 112 valence electrons. The summed E-state index contributed by atoms with van der Waals surface area (Å²) in [6.45, 7) is 2.36. The van der Waals surface area contributed by atoms with Crippen molar-refractivity contribution in [2.24, 2.45) is 0 Å². The predicted molar refractivity (Wildman–Crippen MR) is 86.3 cm³/mol. The topological polar surface area (TPSA) is 82.0 Å². The van der Waals surface area contributed by atoms with E-state index in [1.807, 2.05) is 17.5 Å². The van der Waals surface area contributed by atoms with E-state index in [0.717, 1.165) is 0 Å². The van der Waals surface area contributed by atoms with E-state index in [-0.39, 0.29) is 11.7 Å². The summed E-state index contributed by atoms with van der Waals surface area (Å²) in [5.41, 5.74) is 1.62. The Morgan fingerprint density at radius 2 is 2.09 bits per heavy atom. The van der Waals surface area contributed by atoms with Crippen molar-refractivity contribution in [3.63, 3.8) is 0 Å². The van der Waals surface area contributed by atoms with E-state index in [0.29, 0.717) is 34.8 Å². The lowest BCUT2D eigenvalue weighted by Crippen LogP contribution is -2.28. The standard InChI is InChI=1S/C16H15N3O2S/c1-11(20)13-5-4-12(10-17)9-14(13)18-6-7-19-16(21)15-3-2-8-22-15/h2-5,8-9,18H,6-7H2,1H3,(H,19,21). The van der Waals surface area contributed by atoms with Crippen LogP contribution in [-0.2, 0) is 0 Å². The molecule has 0 fully saturated rings. The number of nitriles is 1. The lowest BCUT2D eigenvalue weighted by Gasteiger charge is -2.11. The van der Waals surface area contributed by atoms with E-state index in [4.69, 9.17) is 5.26 Å². The van der Waals surface area contributed by atoms with Gasteiger partial charge in [-0.15, -0.1) is 11.3 Å². The monoisotopic (exact) mass is 313 g/mol. The molecule has 5 nitrogen and oxygen atoms in total. The fraction of sp³-hybridized carbons (Fsp3) is 0.188. The summed E-state index contributed by atoms with van der Waals surface area (Å²) >= 11 is 1.38. The molecule has 0 unspecified atom stereocenters. The number of Topliss-reactive ketones (excluding diaryl/α,β-unsaturated/α-hetero) is 1. The molecule has 2 rings (SSSR count). The summed E-state index contributed by atoms with van der Waals surface area (Å²) < 4.78 is 0. The molecular formula is C16H15N3O2S. The second kappa shape index (κ2) is 7.38. The van der Waals surface area contributed by atoms with Crippen LogP contribution in [0.5, 0.6) is 0 Å². The number of ketones is 1. The summed E-state index contributed by atoms with van der Waals surface area (Å²) in [5, 5.41) is 16.6. The van der Waals surface area contributed by atoms with Gasteiger partial charge in [-0.3, -0.25) is 9.59 Å². The first kappa shape index (κ1) is 15.7. The van der Waals surface area contributed by atoms with Gasteiger partial charge in [0, 0.05) is 24.3 Å². The van der Waals surface area contributed by atoms with Crippen molar-refractivity contribution in [2.45, 2.75) is 6.92 Å². The molecule has 2 aromatic rings. The Morgan fingerprint density at radius 1 is 1.27 bits per heavy atom. The Bertz CT molecular complexity index is 717. The number of hydrogen-bond donors (Lipinski definition) is 2. The SMILES string of the molecule is CC(=O)c1ccc(C#N)cc1NCCNC(=O)c1cccs1. The Morgan fingerprint density at radius 3 is 2.73 bits per heavy atom. The highest BCUT2D eigenvalue weighted by Gasteiger charge is 2.09. The van der Waals surface area contributed by atoms with Crippen molar-refractivity contribution in [3.05, 3.63) is 51.7 Å². The van der Waals surface area contributed by atoms with Gasteiger partial charge in [0.25, 0.3) is 5.91 Å². The Kier molecular flexibility index (Phi) is 5.28. The van der Waals surface area contributed by atoms with Crippen LogP contribution >= 0.6 is 11.3 Å². The van der Waals surface area contributed by atoms with E-state index < -0.39 is 0 Å². The second-order valence-corrected chi connectivity index (χ2v) is 5.54. The van der Waals surface area contributed by atoms with Gasteiger partial charge in [-0.1, -0.05) is 6.07 Å². The van der Waals surface area contributed by atoms with E-state index in [9.17, 15) is 9.59 Å². The Hall–Kier alpha value is -2.65. The van der Waals surface area contributed by atoms with Crippen LogP contribution in [0.4, 0.5) is 5.69 Å². The van der Waals surface area contributed by atoms with Gasteiger partial charge in [0.05, 0.1) is 16.5 Å². The molecule has 2 N–H and O–H groups in total. The van der Waals surface area contributed by atoms with Gasteiger partial charge in [0.2, 0.25) is 0 Å². The molecule has 1 aromatic carbocycles. The van der Waals surface area contributed by atoms with Crippen LogP contribution in [0.3, 0.4) is 0 Å². The molecule has 0 bridgehead atoms. The normalized spacial score (nSPS) is 9.82. The summed E-state index contributed by atoms with van der Waals surface area (Å²) in [6, 6.07) is 10.5. The average molecular weight is 313 g/mol. The first-order valence-corrected chi connectivity index (χ1v) is 7.60. The van der Waals surface area contributed by atoms with Crippen LogP contribution in [0.25, 0.3) is 0 Å². The fourth-order valence-electron chi connectivity index (χ4n) is 1.94. The third-order valence-electron chi connectivity index (χ3n) is 3.00. The minimum Gasteiger partial charge on any atom is -0.383 e. The molecule has 22 heavy (non-hydrogen) atoms. The number of benzene rings is 1. The van der Waals surface area contributed by atoms with Crippen molar-refractivity contribution in [2.75, 3.05) is 18.4 Å². The summed E-state index contributed by atoms with van der Waals surface area (Å²) in [4.78, 5) is 24.0. The van der Waals surface area contributed by atoms with Crippen molar-refractivity contribution in [1.29, 1.82) is 5.26 Å². The molecule has 0 aliphatic rings. The fourth-order valence-corrected chi connectivity index (χ4v) is 2.58. The molecule has 0 spiro atoms. The largest absolute Gasteiger partial charge is 0.383 e. The summed E-state index contributed by atoms with van der Waals surface area (Å²) in [5.74, 6) is -0.191. The molecule has 0 atom stereocenters. The summed E-state index contributed by atoms with van der Waals surface area (Å²) in [6.07, 6.45) is 0. The van der Waals surface area contributed by atoms with Gasteiger partial charge in [-0.25, -0.2) is 0 Å². The number of nitrogens with one attached hydrogen (secondary N) is 2. The third-order valence-corrected chi connectivity index (χ3v) is 3.87. The van der Waals surface area contributed by atoms with E-state index in [1.165, 1.54) is 18.3 Å². The zero-order chi connectivity index (χ0) is 15.9. The van der Waals surface area contributed by atoms with E-state index in [1.54, 1.807) is 24.3 Å². The minimum absolute atomic E-state index is 0.0744. The number of hydrogen-bond acceptors (Lipinski definition) is 5. The lowest BCUT2D eigenvalue weighted by molar-refractivity contribution is 0.0957. The molecule has 0 aliphatic carbocycles. The second-order valence-electron chi connectivity index (χ2n) is 4.59. The quantitative estimate of drug-likeness (QED) is 0.634. The molecule has 1 amide bonds. The molecule has 0 radical (unpaired) electrons. The number of anilines is 1. The zero-order valence-corrected chi connectivity index (χ0v) is 12.9.